The van der Waals surface area contributed by atoms with E-state index in [-0.39, 0.29) is 30.8 Å². The highest BCUT2D eigenvalue weighted by Gasteiger charge is 2.64. The number of amides is 1. The number of carboxylic acid groups (broad SMARTS) is 2. The summed E-state index contributed by atoms with van der Waals surface area (Å²) in [7, 11) is -2.27. The van der Waals surface area contributed by atoms with Gasteiger partial charge >= 0.3 is 18.0 Å². The van der Waals surface area contributed by atoms with Crippen molar-refractivity contribution in [2.45, 2.75) is 117 Å². The predicted molar refractivity (Wildman–Crippen MR) is 134 cm³/mol. The van der Waals surface area contributed by atoms with Crippen molar-refractivity contribution in [2.75, 3.05) is 6.54 Å². The quantitative estimate of drug-likeness (QED) is 0.399. The summed E-state index contributed by atoms with van der Waals surface area (Å²) in [5.41, 5.74) is -4.39. The van der Waals surface area contributed by atoms with Crippen LogP contribution in [0.5, 0.6) is 0 Å². The van der Waals surface area contributed by atoms with Crippen LogP contribution in [0.25, 0.3) is 0 Å². The van der Waals surface area contributed by atoms with E-state index in [1.807, 2.05) is 6.07 Å². The minimum absolute atomic E-state index is 0.0732. The highest BCUT2D eigenvalue weighted by molar-refractivity contribution is 6.74. The Morgan fingerprint density at radius 2 is 1.60 bits per heavy atom. The van der Waals surface area contributed by atoms with Gasteiger partial charge in [0, 0.05) is 18.0 Å². The summed E-state index contributed by atoms with van der Waals surface area (Å²) < 4.78 is 12.2. The fourth-order valence-electron chi connectivity index (χ4n) is 4.96. The van der Waals surface area contributed by atoms with E-state index in [9.17, 15) is 29.9 Å². The maximum absolute atomic E-state index is 13.4. The van der Waals surface area contributed by atoms with Gasteiger partial charge < -0.3 is 24.3 Å². The number of rotatable bonds is 9. The Hall–Kier alpha value is -2.12. The molecule has 9 nitrogen and oxygen atoms in total. The molecule has 0 aromatic carbocycles. The smallest absolute Gasteiger partial charge is 0.410 e. The number of ether oxygens (including phenoxy) is 1. The van der Waals surface area contributed by atoms with Crippen LogP contribution in [-0.4, -0.2) is 65.8 Å². The van der Waals surface area contributed by atoms with E-state index in [0.717, 1.165) is 0 Å². The third-order valence-corrected chi connectivity index (χ3v) is 12.4. The van der Waals surface area contributed by atoms with E-state index < -0.39 is 61.3 Å². The van der Waals surface area contributed by atoms with Crippen molar-refractivity contribution in [1.82, 2.24) is 4.90 Å². The molecule has 1 aliphatic heterocycles. The first-order chi connectivity index (χ1) is 15.7. The Balaban J connectivity index is 3.76. The number of hydrogen-bond donors (Lipinski definition) is 2. The van der Waals surface area contributed by atoms with Crippen molar-refractivity contribution in [1.29, 1.82) is 5.26 Å². The van der Waals surface area contributed by atoms with Gasteiger partial charge in [-0.3, -0.25) is 9.59 Å². The van der Waals surface area contributed by atoms with Crippen molar-refractivity contribution in [3.63, 3.8) is 0 Å². The molecule has 1 aliphatic rings. The molecule has 0 bridgehead atoms. The molecule has 1 amide bonds. The molecule has 10 heteroatoms. The Morgan fingerprint density at radius 1 is 1.06 bits per heavy atom. The van der Waals surface area contributed by atoms with Gasteiger partial charge in [0.15, 0.2) is 13.7 Å². The Bertz CT molecular complexity index is 855. The summed E-state index contributed by atoms with van der Waals surface area (Å²) in [6.07, 6.45) is -1.48. The second-order valence-electron chi connectivity index (χ2n) is 12.1. The minimum Gasteiger partial charge on any atom is -0.481 e. The average molecular weight is 513 g/mol. The fourth-order valence-corrected chi connectivity index (χ4v) is 6.32. The molecule has 1 saturated heterocycles. The lowest BCUT2D eigenvalue weighted by Gasteiger charge is -2.49. The van der Waals surface area contributed by atoms with Gasteiger partial charge in [-0.05, 0) is 58.2 Å². The molecule has 200 valence electrons. The van der Waals surface area contributed by atoms with Gasteiger partial charge in [-0.2, -0.15) is 5.26 Å². The van der Waals surface area contributed by atoms with E-state index in [4.69, 9.17) is 9.16 Å². The number of carboxylic acids is 2. The molecule has 0 aliphatic carbocycles. The molecule has 0 saturated carbocycles. The monoisotopic (exact) mass is 512 g/mol. The number of hydrogen-bond acceptors (Lipinski definition) is 6. The first-order valence-corrected chi connectivity index (χ1v) is 15.2. The van der Waals surface area contributed by atoms with Crippen LogP contribution in [0.2, 0.25) is 18.1 Å². The third-order valence-electron chi connectivity index (χ3n) is 7.83. The number of aliphatic carboxylic acids is 2. The first kappa shape index (κ1) is 30.9. The van der Waals surface area contributed by atoms with Gasteiger partial charge in [0.05, 0.1) is 18.6 Å². The van der Waals surface area contributed by atoms with Crippen molar-refractivity contribution in [2.24, 2.45) is 10.8 Å². The van der Waals surface area contributed by atoms with E-state index in [0.29, 0.717) is 0 Å². The number of nitrogens with zero attached hydrogens (tertiary/aromatic N) is 2. The van der Waals surface area contributed by atoms with Gasteiger partial charge in [-0.1, -0.05) is 34.6 Å². The van der Waals surface area contributed by atoms with Crippen molar-refractivity contribution in [3.05, 3.63) is 0 Å². The average Bonchev–Trinajstić information content (AvgIpc) is 3.09. The highest BCUT2D eigenvalue weighted by atomic mass is 28.4. The molecule has 3 unspecified atom stereocenters. The second kappa shape index (κ2) is 10.5. The van der Waals surface area contributed by atoms with Crippen LogP contribution in [0.1, 0.15) is 81.1 Å². The van der Waals surface area contributed by atoms with Crippen molar-refractivity contribution >= 4 is 26.3 Å². The summed E-state index contributed by atoms with van der Waals surface area (Å²) in [6.45, 7) is 19.0. The lowest BCUT2D eigenvalue weighted by Crippen LogP contribution is -2.59. The molecule has 35 heavy (non-hydrogen) atoms. The second-order valence-corrected chi connectivity index (χ2v) is 16.9. The maximum atomic E-state index is 13.4. The maximum Gasteiger partial charge on any atom is 0.410 e. The Morgan fingerprint density at radius 3 is 1.94 bits per heavy atom. The molecule has 1 heterocycles. The summed E-state index contributed by atoms with van der Waals surface area (Å²) in [6, 6.07) is 1.09. The van der Waals surface area contributed by atoms with E-state index >= 15 is 0 Å². The molecule has 0 radical (unpaired) electrons. The Kier molecular flexibility index (Phi) is 9.25. The normalized spacial score (nSPS) is 22.6. The van der Waals surface area contributed by atoms with Gasteiger partial charge in [0.25, 0.3) is 0 Å². The van der Waals surface area contributed by atoms with Crippen molar-refractivity contribution < 1.29 is 33.8 Å². The van der Waals surface area contributed by atoms with Crippen LogP contribution in [0.3, 0.4) is 0 Å². The largest absolute Gasteiger partial charge is 0.481 e. The molecular formula is C25H44N2O7Si. The zero-order chi connectivity index (χ0) is 27.6. The van der Waals surface area contributed by atoms with Gasteiger partial charge in [-0.25, -0.2) is 4.79 Å². The number of likely N-dealkylation sites (tertiary alicyclic amines) is 1. The van der Waals surface area contributed by atoms with Gasteiger partial charge in [0.1, 0.15) is 5.60 Å². The molecule has 0 spiro atoms. The van der Waals surface area contributed by atoms with Crippen LogP contribution < -0.4 is 0 Å². The first-order valence-electron chi connectivity index (χ1n) is 12.3. The number of carbonyl (C=O) groups is 3. The topological polar surface area (TPSA) is 137 Å². The van der Waals surface area contributed by atoms with Crippen LogP contribution in [0.4, 0.5) is 4.79 Å². The van der Waals surface area contributed by atoms with Crippen LogP contribution in [-0.2, 0) is 18.8 Å². The molecule has 0 aromatic rings. The summed E-state index contributed by atoms with van der Waals surface area (Å²) in [5, 5.41) is 30.2. The number of nitriles is 1. The zero-order valence-electron chi connectivity index (χ0n) is 23.0. The van der Waals surface area contributed by atoms with Crippen LogP contribution >= 0.6 is 0 Å². The SMILES string of the molecule is CCC(C#N)(C(=O)O)C(CC)(CC(=O)O)C1C[C@@H](O[Si](C)(C)C(C)(C)C)CN1C(=O)OC(C)(C)C. The summed E-state index contributed by atoms with van der Waals surface area (Å²) in [5.74, 6) is -2.61. The molecule has 2 N–H and O–H groups in total. The molecule has 0 aromatic heterocycles. The fraction of sp³-hybridized carbons (Fsp3) is 0.840. The van der Waals surface area contributed by atoms with E-state index in [1.54, 1.807) is 34.6 Å². The standard InChI is InChI=1S/C25H44N2O7Si/c1-11-24(14-19(28)29,25(12-2,16-26)20(30)31)18-13-17(34-35(9,10)23(6,7)8)15-27(18)21(32)33-22(3,4)5/h17-18H,11-15H2,1-10H3,(H,28,29)(H,30,31)/t17-,18?,24?,25?/m1/s1. The summed E-state index contributed by atoms with van der Waals surface area (Å²) >= 11 is 0. The van der Waals surface area contributed by atoms with Crippen LogP contribution in [0, 0.1) is 22.2 Å². The van der Waals surface area contributed by atoms with Crippen LogP contribution in [0.15, 0.2) is 0 Å². The number of carbonyl (C=O) groups excluding carboxylic acids is 1. The van der Waals surface area contributed by atoms with Gasteiger partial charge in [0.2, 0.25) is 0 Å². The molecular weight excluding hydrogens is 468 g/mol. The third kappa shape index (κ3) is 6.18. The van der Waals surface area contributed by atoms with Gasteiger partial charge in [-0.15, -0.1) is 0 Å². The molecule has 1 rings (SSSR count). The van der Waals surface area contributed by atoms with Crippen molar-refractivity contribution in [3.8, 4) is 6.07 Å². The van der Waals surface area contributed by atoms with E-state index in [2.05, 4.69) is 33.9 Å². The van der Waals surface area contributed by atoms with E-state index in [1.165, 1.54) is 4.90 Å². The zero-order valence-corrected chi connectivity index (χ0v) is 24.0. The Labute approximate surface area is 210 Å². The lowest BCUT2D eigenvalue weighted by atomic mass is 9.55. The minimum atomic E-state index is -2.27. The lowest BCUT2D eigenvalue weighted by molar-refractivity contribution is -0.162. The molecule has 1 fully saturated rings. The molecule has 4 atom stereocenters. The predicted octanol–water partition coefficient (Wildman–Crippen LogP) is 5.26. The highest BCUT2D eigenvalue weighted by Crippen LogP contribution is 2.55. The summed E-state index contributed by atoms with van der Waals surface area (Å²) in [4.78, 5) is 39.5.